The van der Waals surface area contributed by atoms with Crippen LogP contribution in [-0.2, 0) is 4.79 Å². The molecule has 0 radical (unpaired) electrons. The molecule has 0 heterocycles. The van der Waals surface area contributed by atoms with E-state index >= 15 is 0 Å². The maximum absolute atomic E-state index is 10.3. The average Bonchev–Trinajstić information content (AvgIpc) is 3.21. The van der Waals surface area contributed by atoms with Crippen molar-refractivity contribution in [1.82, 2.24) is 5.32 Å². The fraction of sp³-hybridized carbons (Fsp3) is 0.944. The van der Waals surface area contributed by atoms with Crippen LogP contribution in [0, 0.1) is 0 Å². The Morgan fingerprint density at radius 3 is 0.772 bits per heavy atom. The van der Waals surface area contributed by atoms with Crippen molar-refractivity contribution >= 4 is 5.97 Å². The molecule has 0 aliphatic rings. The van der Waals surface area contributed by atoms with Crippen LogP contribution in [-0.4, -0.2) is 24.2 Å². The summed E-state index contributed by atoms with van der Waals surface area (Å²) in [6, 6.07) is 0. The lowest BCUT2D eigenvalue weighted by Gasteiger charge is -2.06. The minimum absolute atomic E-state index is 0.332. The van der Waals surface area contributed by atoms with Gasteiger partial charge in [0.15, 0.2) is 0 Å². The number of nitrogens with one attached hydrogen (secondary N) is 1. The minimum atomic E-state index is -0.664. The van der Waals surface area contributed by atoms with Crippen LogP contribution in [0.2, 0.25) is 0 Å². The van der Waals surface area contributed by atoms with Crippen LogP contribution in [0.5, 0.6) is 0 Å². The van der Waals surface area contributed by atoms with E-state index in [1.165, 1.54) is 289 Å². The van der Waals surface area contributed by atoms with Gasteiger partial charge in [0.05, 0.1) is 0 Å². The van der Waals surface area contributed by atoms with Gasteiger partial charge in [-0.2, -0.15) is 0 Å². The van der Waals surface area contributed by atoms with E-state index in [2.05, 4.69) is 38.2 Å². The van der Waals surface area contributed by atoms with E-state index in [4.69, 9.17) is 5.11 Å². The van der Waals surface area contributed by atoms with Gasteiger partial charge in [0.2, 0.25) is 0 Å². The highest BCUT2D eigenvalue weighted by molar-refractivity contribution is 5.66. The van der Waals surface area contributed by atoms with Crippen molar-refractivity contribution in [3.05, 3.63) is 12.2 Å². The molecule has 0 aliphatic heterocycles. The molecule has 0 aliphatic carbocycles. The van der Waals surface area contributed by atoms with Gasteiger partial charge in [-0.25, -0.2) is 0 Å². The van der Waals surface area contributed by atoms with Crippen molar-refractivity contribution in [2.75, 3.05) is 13.1 Å². The second-order valence-electron chi connectivity index (χ2n) is 18.1. The maximum Gasteiger partial charge on any atom is 0.303 e. The summed E-state index contributed by atoms with van der Waals surface area (Å²) in [6.07, 6.45) is 67.9. The Bertz CT molecular complexity index is 687. The number of aliphatic carboxylic acids is 1. The lowest BCUT2D eigenvalue weighted by atomic mass is 10.0. The van der Waals surface area contributed by atoms with Gasteiger partial charge in [-0.3, -0.25) is 4.79 Å². The average molecular weight is 804 g/mol. The molecule has 0 unspecified atom stereocenters. The molecular weight excluding hydrogens is 695 g/mol. The normalized spacial score (nSPS) is 11.4. The Morgan fingerprint density at radius 1 is 0.316 bits per heavy atom. The lowest BCUT2D eigenvalue weighted by molar-refractivity contribution is -0.137. The van der Waals surface area contributed by atoms with Crippen LogP contribution < -0.4 is 5.32 Å². The van der Waals surface area contributed by atoms with Crippen LogP contribution >= 0.6 is 0 Å². The van der Waals surface area contributed by atoms with Crippen molar-refractivity contribution in [2.45, 2.75) is 316 Å². The molecule has 3 heteroatoms. The van der Waals surface area contributed by atoms with Crippen molar-refractivity contribution in [3.8, 4) is 0 Å². The molecule has 0 amide bonds. The van der Waals surface area contributed by atoms with Crippen molar-refractivity contribution in [1.29, 1.82) is 0 Å². The number of allylic oxidation sites excluding steroid dienone is 2. The van der Waals surface area contributed by atoms with Crippen LogP contribution in [0.25, 0.3) is 0 Å². The van der Waals surface area contributed by atoms with Crippen LogP contribution in [0.15, 0.2) is 12.2 Å². The van der Waals surface area contributed by atoms with E-state index in [0.717, 1.165) is 12.8 Å². The Morgan fingerprint density at radius 2 is 0.526 bits per heavy atom. The molecule has 0 aromatic heterocycles. The zero-order valence-corrected chi connectivity index (χ0v) is 40.0. The molecule has 0 saturated heterocycles. The van der Waals surface area contributed by atoms with E-state index in [0.29, 0.717) is 6.42 Å². The molecule has 57 heavy (non-hydrogen) atoms. The van der Waals surface area contributed by atoms with Gasteiger partial charge in [0, 0.05) is 6.42 Å². The van der Waals surface area contributed by atoms with E-state index in [-0.39, 0.29) is 0 Å². The van der Waals surface area contributed by atoms with Gasteiger partial charge in [-0.05, 0) is 58.0 Å². The third-order valence-corrected chi connectivity index (χ3v) is 12.1. The number of unbranched alkanes of at least 4 members (excludes halogenated alkanes) is 41. The quantitative estimate of drug-likeness (QED) is 0.0476. The standard InChI is InChI=1S/C36H75N.C18H34O2/c1-3-5-7-9-11-13-15-17-19-21-23-25-27-29-31-33-35-37-36-34-32-30-28-26-24-22-20-18-16-14-12-10-8-6-4-2;1-2-3-4-5-6-7-8-9-10-11-12-13-14-15-16-17-18(19)20/h37H,3-36H2,1-2H3;9-10H,2-8,11-17H2,1H3,(H,19,20)/b;10-9-. The fourth-order valence-electron chi connectivity index (χ4n) is 8.07. The van der Waals surface area contributed by atoms with E-state index in [1.54, 1.807) is 0 Å². The summed E-state index contributed by atoms with van der Waals surface area (Å²) in [5.74, 6) is -0.664. The van der Waals surface area contributed by atoms with Crippen LogP contribution in [0.3, 0.4) is 0 Å². The first-order valence-corrected chi connectivity index (χ1v) is 26.8. The van der Waals surface area contributed by atoms with Gasteiger partial charge < -0.3 is 10.4 Å². The molecule has 0 rings (SSSR count). The number of hydrogen-bond acceptors (Lipinski definition) is 2. The highest BCUT2D eigenvalue weighted by atomic mass is 16.4. The van der Waals surface area contributed by atoms with E-state index in [1.807, 2.05) is 0 Å². The zero-order chi connectivity index (χ0) is 41.6. The molecule has 0 aromatic rings. The topological polar surface area (TPSA) is 49.3 Å². The molecular formula is C54H109NO2. The maximum atomic E-state index is 10.3. The minimum Gasteiger partial charge on any atom is -0.481 e. The SMILES string of the molecule is CCCCCCCC/C=C\CCCCCCCC(=O)O.CCCCCCCCCCCCCCCCCCNCCCCCCCCCCCCCCCCCC. The summed E-state index contributed by atoms with van der Waals surface area (Å²) in [4.78, 5) is 10.3. The molecule has 0 fully saturated rings. The third-order valence-electron chi connectivity index (χ3n) is 12.1. The van der Waals surface area contributed by atoms with E-state index in [9.17, 15) is 4.79 Å². The molecule has 0 spiro atoms. The zero-order valence-electron chi connectivity index (χ0n) is 40.0. The smallest absolute Gasteiger partial charge is 0.303 e. The van der Waals surface area contributed by atoms with Crippen molar-refractivity contribution in [3.63, 3.8) is 0 Å². The second kappa shape index (κ2) is 57.3. The monoisotopic (exact) mass is 804 g/mol. The predicted molar refractivity (Wildman–Crippen MR) is 259 cm³/mol. The molecule has 3 nitrogen and oxygen atoms in total. The Balaban J connectivity index is 0. The highest BCUT2D eigenvalue weighted by Crippen LogP contribution is 2.16. The summed E-state index contributed by atoms with van der Waals surface area (Å²) < 4.78 is 0. The second-order valence-corrected chi connectivity index (χ2v) is 18.1. The largest absolute Gasteiger partial charge is 0.481 e. The fourth-order valence-corrected chi connectivity index (χ4v) is 8.07. The van der Waals surface area contributed by atoms with E-state index < -0.39 is 5.97 Å². The van der Waals surface area contributed by atoms with Crippen molar-refractivity contribution < 1.29 is 9.90 Å². The Labute approximate surface area is 361 Å². The molecule has 0 saturated carbocycles. The van der Waals surface area contributed by atoms with Gasteiger partial charge >= 0.3 is 5.97 Å². The summed E-state index contributed by atoms with van der Waals surface area (Å²) in [7, 11) is 0. The van der Waals surface area contributed by atoms with Crippen LogP contribution in [0.1, 0.15) is 316 Å². The molecule has 0 atom stereocenters. The number of carbonyl (C=O) groups is 1. The Hall–Kier alpha value is -0.830. The molecule has 0 aromatic carbocycles. The van der Waals surface area contributed by atoms with Crippen molar-refractivity contribution in [2.24, 2.45) is 0 Å². The first-order chi connectivity index (χ1) is 28.2. The van der Waals surface area contributed by atoms with Gasteiger partial charge in [0.25, 0.3) is 0 Å². The highest BCUT2D eigenvalue weighted by Gasteiger charge is 1.98. The van der Waals surface area contributed by atoms with Crippen LogP contribution in [0.4, 0.5) is 0 Å². The number of rotatable bonds is 49. The first-order valence-electron chi connectivity index (χ1n) is 26.8. The number of hydrogen-bond donors (Lipinski definition) is 2. The molecule has 2 N–H and O–H groups in total. The number of carboxylic acids is 1. The Kier molecular flexibility index (Phi) is 58.5. The van der Waals surface area contributed by atoms with Gasteiger partial charge in [0.1, 0.15) is 0 Å². The van der Waals surface area contributed by atoms with Gasteiger partial charge in [-0.1, -0.05) is 277 Å². The first kappa shape index (κ1) is 58.3. The summed E-state index contributed by atoms with van der Waals surface area (Å²) in [6.45, 7) is 9.37. The third kappa shape index (κ3) is 62.0. The lowest BCUT2D eigenvalue weighted by Crippen LogP contribution is -2.16. The predicted octanol–water partition coefficient (Wildman–Crippen LogP) is 19.2. The number of carboxylic acid groups (broad SMARTS) is 1. The summed E-state index contributed by atoms with van der Waals surface area (Å²) >= 11 is 0. The van der Waals surface area contributed by atoms with Gasteiger partial charge in [-0.15, -0.1) is 0 Å². The summed E-state index contributed by atoms with van der Waals surface area (Å²) in [5, 5.41) is 12.2. The summed E-state index contributed by atoms with van der Waals surface area (Å²) in [5.41, 5.74) is 0. The molecule has 342 valence electrons. The molecule has 0 bridgehead atoms.